The van der Waals surface area contributed by atoms with E-state index in [4.69, 9.17) is 4.52 Å². The first kappa shape index (κ1) is 17.5. The fourth-order valence-corrected chi connectivity index (χ4v) is 3.54. The monoisotopic (exact) mass is 364 g/mol. The average molecular weight is 364 g/mol. The van der Waals surface area contributed by atoms with Crippen LogP contribution in [0, 0.1) is 0 Å². The van der Waals surface area contributed by atoms with Crippen LogP contribution in [0.5, 0.6) is 0 Å². The molecule has 0 aromatic carbocycles. The smallest absolute Gasteiger partial charge is 0.246 e. The topological polar surface area (TPSA) is 106 Å². The second-order valence-corrected chi connectivity index (χ2v) is 8.23. The van der Waals surface area contributed by atoms with Crippen molar-refractivity contribution in [1.29, 1.82) is 0 Å². The molecule has 134 valence electrons. The van der Waals surface area contributed by atoms with Crippen LogP contribution in [0.1, 0.15) is 38.5 Å². The highest BCUT2D eigenvalue weighted by Crippen LogP contribution is 2.20. The predicted octanol–water partition coefficient (Wildman–Crippen LogP) is 1.83. The van der Waals surface area contributed by atoms with Crippen molar-refractivity contribution in [2.45, 2.75) is 44.0 Å². The number of sulfone groups is 1. The highest BCUT2D eigenvalue weighted by Gasteiger charge is 2.20. The van der Waals surface area contributed by atoms with Gasteiger partial charge in [-0.1, -0.05) is 18.5 Å². The number of hydrogen-bond donors (Lipinski definition) is 0. The van der Waals surface area contributed by atoms with E-state index in [1.807, 2.05) is 0 Å². The highest BCUT2D eigenvalue weighted by atomic mass is 32.2. The number of carbonyl (C=O) groups excluding carboxylic acids is 1. The normalized spacial score (nSPS) is 16.0. The summed E-state index contributed by atoms with van der Waals surface area (Å²) in [5, 5.41) is 3.89. The first-order valence-corrected chi connectivity index (χ1v) is 9.93. The van der Waals surface area contributed by atoms with Gasteiger partial charge >= 0.3 is 0 Å². The number of likely N-dealkylation sites (tertiary alicyclic amines) is 1. The lowest BCUT2D eigenvalue weighted by Crippen LogP contribution is -2.29. The quantitative estimate of drug-likeness (QED) is 0.796. The van der Waals surface area contributed by atoms with E-state index in [1.54, 1.807) is 11.8 Å². The standard InChI is InChI=1S/C16H20N4O4S/c1-2-25(22,23)13-8-12(9-17-10-13)16-18-14(24-19-16)11-20-7-5-3-4-6-15(20)21/h8-10H,2-7,11H2,1H3. The Morgan fingerprint density at radius 2 is 2.08 bits per heavy atom. The Hall–Kier alpha value is -2.29. The van der Waals surface area contributed by atoms with E-state index in [9.17, 15) is 13.2 Å². The maximum Gasteiger partial charge on any atom is 0.246 e. The van der Waals surface area contributed by atoms with Gasteiger partial charge in [-0.25, -0.2) is 8.42 Å². The highest BCUT2D eigenvalue weighted by molar-refractivity contribution is 7.91. The fourth-order valence-electron chi connectivity index (χ4n) is 2.68. The summed E-state index contributed by atoms with van der Waals surface area (Å²) in [4.78, 5) is 22.1. The SMILES string of the molecule is CCS(=O)(=O)c1cncc(-c2noc(CN3CCCCCC3=O)n2)c1. The zero-order valence-corrected chi connectivity index (χ0v) is 14.8. The lowest BCUT2D eigenvalue weighted by Gasteiger charge is -2.17. The molecule has 2 aromatic rings. The van der Waals surface area contributed by atoms with Crippen LogP contribution in [-0.2, 0) is 21.2 Å². The molecule has 0 N–H and O–H groups in total. The zero-order valence-electron chi connectivity index (χ0n) is 14.0. The molecule has 1 aliphatic rings. The molecule has 1 saturated heterocycles. The van der Waals surface area contributed by atoms with Crippen LogP contribution in [0.15, 0.2) is 27.9 Å². The Morgan fingerprint density at radius 1 is 1.24 bits per heavy atom. The summed E-state index contributed by atoms with van der Waals surface area (Å²) in [6.07, 6.45) is 6.26. The van der Waals surface area contributed by atoms with Crippen LogP contribution in [-0.4, -0.2) is 46.6 Å². The minimum Gasteiger partial charge on any atom is -0.337 e. The van der Waals surface area contributed by atoms with Crippen LogP contribution in [0.3, 0.4) is 0 Å². The molecule has 1 aliphatic heterocycles. The van der Waals surface area contributed by atoms with Gasteiger partial charge in [0.05, 0.1) is 17.2 Å². The summed E-state index contributed by atoms with van der Waals surface area (Å²) < 4.78 is 29.2. The van der Waals surface area contributed by atoms with Gasteiger partial charge in [-0.3, -0.25) is 9.78 Å². The van der Waals surface area contributed by atoms with Gasteiger partial charge in [0.2, 0.25) is 17.6 Å². The maximum absolute atomic E-state index is 12.0. The zero-order chi connectivity index (χ0) is 17.9. The number of nitrogens with zero attached hydrogens (tertiary/aromatic N) is 4. The molecule has 1 amide bonds. The molecule has 0 spiro atoms. The number of aromatic nitrogens is 3. The van der Waals surface area contributed by atoms with Crippen molar-refractivity contribution in [3.8, 4) is 11.4 Å². The van der Waals surface area contributed by atoms with E-state index < -0.39 is 9.84 Å². The van der Waals surface area contributed by atoms with Crippen molar-refractivity contribution in [3.05, 3.63) is 24.4 Å². The summed E-state index contributed by atoms with van der Waals surface area (Å²) in [6, 6.07) is 1.48. The van der Waals surface area contributed by atoms with Gasteiger partial charge in [0.25, 0.3) is 0 Å². The molecule has 0 saturated carbocycles. The van der Waals surface area contributed by atoms with Gasteiger partial charge < -0.3 is 9.42 Å². The van der Waals surface area contributed by atoms with Gasteiger partial charge in [-0.2, -0.15) is 4.98 Å². The Morgan fingerprint density at radius 3 is 2.88 bits per heavy atom. The number of hydrogen-bond acceptors (Lipinski definition) is 7. The number of rotatable bonds is 5. The molecule has 2 aromatic heterocycles. The first-order valence-electron chi connectivity index (χ1n) is 8.28. The van der Waals surface area contributed by atoms with Crippen molar-refractivity contribution in [3.63, 3.8) is 0 Å². The van der Waals surface area contributed by atoms with Crippen molar-refractivity contribution in [1.82, 2.24) is 20.0 Å². The first-order chi connectivity index (χ1) is 12.0. The molecule has 25 heavy (non-hydrogen) atoms. The van der Waals surface area contributed by atoms with Crippen molar-refractivity contribution < 1.29 is 17.7 Å². The second-order valence-electron chi connectivity index (χ2n) is 5.95. The number of pyridine rings is 1. The maximum atomic E-state index is 12.0. The van der Waals surface area contributed by atoms with Crippen LogP contribution in [0.4, 0.5) is 0 Å². The molecule has 8 nitrogen and oxygen atoms in total. The Labute approximate surface area is 146 Å². The third-order valence-corrected chi connectivity index (χ3v) is 5.88. The molecule has 0 radical (unpaired) electrons. The summed E-state index contributed by atoms with van der Waals surface area (Å²) in [5.41, 5.74) is 0.465. The lowest BCUT2D eigenvalue weighted by molar-refractivity contribution is -0.131. The third kappa shape index (κ3) is 4.04. The molecule has 3 rings (SSSR count). The van der Waals surface area contributed by atoms with Gasteiger partial charge in [-0.05, 0) is 18.9 Å². The van der Waals surface area contributed by atoms with Crippen molar-refractivity contribution in [2.75, 3.05) is 12.3 Å². The summed E-state index contributed by atoms with van der Waals surface area (Å²) in [6.45, 7) is 2.53. The van der Waals surface area contributed by atoms with Gasteiger partial charge in [-0.15, -0.1) is 0 Å². The number of amides is 1. The fraction of sp³-hybridized carbons (Fsp3) is 0.500. The molecular formula is C16H20N4O4S. The Bertz CT molecular complexity index is 863. The van der Waals surface area contributed by atoms with Crippen LogP contribution < -0.4 is 0 Å². The Balaban J connectivity index is 1.80. The van der Waals surface area contributed by atoms with Gasteiger partial charge in [0.15, 0.2) is 9.84 Å². The molecule has 0 bridgehead atoms. The molecule has 9 heteroatoms. The largest absolute Gasteiger partial charge is 0.337 e. The average Bonchev–Trinajstić information content (AvgIpc) is 2.99. The van der Waals surface area contributed by atoms with Gasteiger partial charge in [0, 0.05) is 30.9 Å². The van der Waals surface area contributed by atoms with Crippen molar-refractivity contribution in [2.24, 2.45) is 0 Å². The lowest BCUT2D eigenvalue weighted by atomic mass is 10.2. The third-order valence-electron chi connectivity index (χ3n) is 4.18. The van der Waals surface area contributed by atoms with E-state index in [0.717, 1.165) is 19.3 Å². The Kier molecular flexibility index (Phi) is 5.12. The van der Waals surface area contributed by atoms with E-state index in [0.29, 0.717) is 24.4 Å². The van der Waals surface area contributed by atoms with Crippen LogP contribution in [0.2, 0.25) is 0 Å². The second kappa shape index (κ2) is 7.30. The van der Waals surface area contributed by atoms with Crippen molar-refractivity contribution >= 4 is 15.7 Å². The minimum absolute atomic E-state index is 0.00724. The summed E-state index contributed by atoms with van der Waals surface area (Å²) in [7, 11) is -3.36. The molecule has 1 fully saturated rings. The summed E-state index contributed by atoms with van der Waals surface area (Å²) >= 11 is 0. The molecule has 3 heterocycles. The van der Waals surface area contributed by atoms with E-state index >= 15 is 0 Å². The van der Waals surface area contributed by atoms with Crippen LogP contribution >= 0.6 is 0 Å². The van der Waals surface area contributed by atoms with E-state index in [2.05, 4.69) is 15.1 Å². The van der Waals surface area contributed by atoms with E-state index in [1.165, 1.54) is 18.5 Å². The summed E-state index contributed by atoms with van der Waals surface area (Å²) in [5.74, 6) is 0.675. The minimum atomic E-state index is -3.36. The molecule has 0 atom stereocenters. The molecule has 0 aliphatic carbocycles. The predicted molar refractivity (Wildman–Crippen MR) is 89.1 cm³/mol. The van der Waals surface area contributed by atoms with E-state index in [-0.39, 0.29) is 28.9 Å². The van der Waals surface area contributed by atoms with Crippen LogP contribution in [0.25, 0.3) is 11.4 Å². The number of carbonyl (C=O) groups is 1. The molecule has 0 unspecified atom stereocenters. The van der Waals surface area contributed by atoms with Gasteiger partial charge in [0.1, 0.15) is 0 Å². The molecular weight excluding hydrogens is 344 g/mol.